The SMILES string of the molecule is CCOc1nc(NC)nc(N2CC(C)OC(C)(C)C2)n1. The molecular weight excluding hydrogens is 258 g/mol. The second-order valence-corrected chi connectivity index (χ2v) is 5.49. The van der Waals surface area contributed by atoms with E-state index in [0.717, 1.165) is 13.1 Å². The van der Waals surface area contributed by atoms with Crippen molar-refractivity contribution in [1.29, 1.82) is 0 Å². The Kier molecular flexibility index (Phi) is 4.27. The first-order chi connectivity index (χ1) is 9.43. The van der Waals surface area contributed by atoms with Gasteiger partial charge in [0, 0.05) is 20.1 Å². The van der Waals surface area contributed by atoms with E-state index < -0.39 is 0 Å². The lowest BCUT2D eigenvalue weighted by atomic mass is 10.1. The molecule has 1 N–H and O–H groups in total. The highest BCUT2D eigenvalue weighted by atomic mass is 16.5. The summed E-state index contributed by atoms with van der Waals surface area (Å²) < 4.78 is 11.3. The Labute approximate surface area is 119 Å². The van der Waals surface area contributed by atoms with Crippen LogP contribution in [0.15, 0.2) is 0 Å². The van der Waals surface area contributed by atoms with Crippen LogP contribution >= 0.6 is 0 Å². The number of aromatic nitrogens is 3. The monoisotopic (exact) mass is 281 g/mol. The summed E-state index contributed by atoms with van der Waals surface area (Å²) in [7, 11) is 1.78. The lowest BCUT2D eigenvalue weighted by molar-refractivity contribution is -0.0754. The molecule has 0 amide bonds. The van der Waals surface area contributed by atoms with Gasteiger partial charge >= 0.3 is 6.01 Å². The molecule has 1 saturated heterocycles. The first-order valence-electron chi connectivity index (χ1n) is 6.93. The van der Waals surface area contributed by atoms with Crippen molar-refractivity contribution in [3.05, 3.63) is 0 Å². The van der Waals surface area contributed by atoms with Gasteiger partial charge in [0.2, 0.25) is 11.9 Å². The third-order valence-corrected chi connectivity index (χ3v) is 2.95. The van der Waals surface area contributed by atoms with E-state index in [-0.39, 0.29) is 11.7 Å². The Morgan fingerprint density at radius 1 is 1.40 bits per heavy atom. The van der Waals surface area contributed by atoms with Crippen LogP contribution in [-0.2, 0) is 4.74 Å². The summed E-state index contributed by atoms with van der Waals surface area (Å²) in [6, 6.07) is 0.346. The van der Waals surface area contributed by atoms with Crippen LogP contribution in [-0.4, -0.2) is 53.4 Å². The molecule has 7 nitrogen and oxygen atoms in total. The molecule has 7 heteroatoms. The van der Waals surface area contributed by atoms with Crippen LogP contribution in [0.1, 0.15) is 27.7 Å². The standard InChI is InChI=1S/C13H23N5O2/c1-6-19-12-16-10(14-5)15-11(17-12)18-7-9(2)20-13(3,4)8-18/h9H,6-8H2,1-5H3,(H,14,15,16,17). The topological polar surface area (TPSA) is 72.4 Å². The molecule has 1 aromatic rings. The Bertz CT molecular complexity index is 466. The molecule has 0 aliphatic carbocycles. The first kappa shape index (κ1) is 14.8. The molecule has 0 saturated carbocycles. The normalized spacial score (nSPS) is 21.6. The van der Waals surface area contributed by atoms with Crippen LogP contribution in [0.25, 0.3) is 0 Å². The van der Waals surface area contributed by atoms with Gasteiger partial charge in [-0.25, -0.2) is 0 Å². The van der Waals surface area contributed by atoms with E-state index in [9.17, 15) is 0 Å². The first-order valence-corrected chi connectivity index (χ1v) is 6.93. The largest absolute Gasteiger partial charge is 0.464 e. The van der Waals surface area contributed by atoms with E-state index in [0.29, 0.717) is 24.5 Å². The lowest BCUT2D eigenvalue weighted by Crippen LogP contribution is -2.52. The van der Waals surface area contributed by atoms with Crippen molar-refractivity contribution in [1.82, 2.24) is 15.0 Å². The minimum Gasteiger partial charge on any atom is -0.464 e. The highest BCUT2D eigenvalue weighted by Gasteiger charge is 2.33. The second kappa shape index (κ2) is 5.78. The maximum atomic E-state index is 5.90. The van der Waals surface area contributed by atoms with Gasteiger partial charge in [0.05, 0.1) is 18.3 Å². The number of hydrogen-bond acceptors (Lipinski definition) is 7. The van der Waals surface area contributed by atoms with Gasteiger partial charge in [-0.05, 0) is 27.7 Å². The molecule has 0 bridgehead atoms. The smallest absolute Gasteiger partial charge is 0.323 e. The van der Waals surface area contributed by atoms with Crippen LogP contribution in [0.4, 0.5) is 11.9 Å². The van der Waals surface area contributed by atoms with E-state index in [4.69, 9.17) is 9.47 Å². The molecular formula is C13H23N5O2. The Morgan fingerprint density at radius 2 is 2.15 bits per heavy atom. The Morgan fingerprint density at radius 3 is 2.75 bits per heavy atom. The van der Waals surface area contributed by atoms with Crippen molar-refractivity contribution in [3.8, 4) is 6.01 Å². The fourth-order valence-electron chi connectivity index (χ4n) is 2.40. The Hall–Kier alpha value is -1.63. The van der Waals surface area contributed by atoms with Crippen LogP contribution in [0.3, 0.4) is 0 Å². The maximum absolute atomic E-state index is 5.90. The molecule has 2 rings (SSSR count). The zero-order chi connectivity index (χ0) is 14.8. The van der Waals surface area contributed by atoms with Gasteiger partial charge in [-0.1, -0.05) is 0 Å². The number of ether oxygens (including phenoxy) is 2. The molecule has 2 heterocycles. The van der Waals surface area contributed by atoms with Crippen LogP contribution in [0.2, 0.25) is 0 Å². The van der Waals surface area contributed by atoms with Gasteiger partial charge in [-0.2, -0.15) is 15.0 Å². The van der Waals surface area contributed by atoms with Gasteiger partial charge in [0.1, 0.15) is 0 Å². The number of hydrogen-bond donors (Lipinski definition) is 1. The zero-order valence-corrected chi connectivity index (χ0v) is 12.8. The van der Waals surface area contributed by atoms with Crippen molar-refractivity contribution in [2.24, 2.45) is 0 Å². The molecule has 1 atom stereocenters. The molecule has 1 aliphatic heterocycles. The molecule has 112 valence electrons. The number of nitrogens with zero attached hydrogens (tertiary/aromatic N) is 4. The summed E-state index contributed by atoms with van der Waals surface area (Å²) >= 11 is 0. The lowest BCUT2D eigenvalue weighted by Gasteiger charge is -2.41. The summed E-state index contributed by atoms with van der Waals surface area (Å²) in [4.78, 5) is 15.1. The third kappa shape index (κ3) is 3.47. The summed E-state index contributed by atoms with van der Waals surface area (Å²) in [6.45, 7) is 10.1. The average molecular weight is 281 g/mol. The van der Waals surface area contributed by atoms with Gasteiger partial charge in [-0.15, -0.1) is 0 Å². The van der Waals surface area contributed by atoms with Crippen molar-refractivity contribution in [2.75, 3.05) is 37.0 Å². The van der Waals surface area contributed by atoms with Crippen molar-refractivity contribution >= 4 is 11.9 Å². The van der Waals surface area contributed by atoms with E-state index in [1.54, 1.807) is 7.05 Å². The highest BCUT2D eigenvalue weighted by molar-refractivity contribution is 5.39. The van der Waals surface area contributed by atoms with E-state index in [1.165, 1.54) is 0 Å². The summed E-state index contributed by atoms with van der Waals surface area (Å²) in [5.41, 5.74) is -0.226. The quantitative estimate of drug-likeness (QED) is 0.892. The van der Waals surface area contributed by atoms with Crippen LogP contribution in [0.5, 0.6) is 6.01 Å². The molecule has 20 heavy (non-hydrogen) atoms. The van der Waals surface area contributed by atoms with E-state index in [2.05, 4.69) is 45.9 Å². The third-order valence-electron chi connectivity index (χ3n) is 2.95. The van der Waals surface area contributed by atoms with E-state index >= 15 is 0 Å². The van der Waals surface area contributed by atoms with Crippen LogP contribution in [0, 0.1) is 0 Å². The van der Waals surface area contributed by atoms with Crippen LogP contribution < -0.4 is 15.0 Å². The number of rotatable bonds is 4. The van der Waals surface area contributed by atoms with Gasteiger partial charge in [0.25, 0.3) is 0 Å². The molecule has 0 spiro atoms. The van der Waals surface area contributed by atoms with Gasteiger partial charge in [0.15, 0.2) is 0 Å². The van der Waals surface area contributed by atoms with Gasteiger partial charge < -0.3 is 19.7 Å². The molecule has 1 unspecified atom stereocenters. The fourth-order valence-corrected chi connectivity index (χ4v) is 2.40. The molecule has 1 aliphatic rings. The van der Waals surface area contributed by atoms with Crippen molar-refractivity contribution < 1.29 is 9.47 Å². The second-order valence-electron chi connectivity index (χ2n) is 5.49. The minimum atomic E-state index is -0.226. The average Bonchev–Trinajstić information content (AvgIpc) is 2.36. The zero-order valence-electron chi connectivity index (χ0n) is 12.8. The van der Waals surface area contributed by atoms with Crippen molar-refractivity contribution in [2.45, 2.75) is 39.4 Å². The Balaban J connectivity index is 2.28. The number of anilines is 2. The predicted molar refractivity (Wildman–Crippen MR) is 77.4 cm³/mol. The summed E-state index contributed by atoms with van der Waals surface area (Å²) in [5, 5.41) is 2.94. The fraction of sp³-hybridized carbons (Fsp3) is 0.769. The number of nitrogens with one attached hydrogen (secondary N) is 1. The summed E-state index contributed by atoms with van der Waals surface area (Å²) in [5.74, 6) is 1.13. The summed E-state index contributed by atoms with van der Waals surface area (Å²) in [6.07, 6.45) is 0.129. The molecule has 1 fully saturated rings. The maximum Gasteiger partial charge on any atom is 0.323 e. The predicted octanol–water partition coefficient (Wildman–Crippen LogP) is 1.32. The molecule has 0 radical (unpaired) electrons. The molecule has 1 aromatic heterocycles. The van der Waals surface area contributed by atoms with Gasteiger partial charge in [-0.3, -0.25) is 0 Å². The van der Waals surface area contributed by atoms with E-state index in [1.807, 2.05) is 6.92 Å². The minimum absolute atomic E-state index is 0.129. The molecule has 0 aromatic carbocycles. The van der Waals surface area contributed by atoms with Crippen molar-refractivity contribution in [3.63, 3.8) is 0 Å². The highest BCUT2D eigenvalue weighted by Crippen LogP contribution is 2.25. The number of morpholine rings is 1.